The summed E-state index contributed by atoms with van der Waals surface area (Å²) >= 11 is 0. The molecule has 0 bridgehead atoms. The van der Waals surface area contributed by atoms with Crippen LogP contribution < -0.4 is 19.1 Å². The Hall–Kier alpha value is -2.62. The molecule has 0 aliphatic carbocycles. The molecule has 2 aliphatic rings. The van der Waals surface area contributed by atoms with E-state index < -0.39 is 10.0 Å². The Kier molecular flexibility index (Phi) is 5.92. The van der Waals surface area contributed by atoms with Gasteiger partial charge in [-0.2, -0.15) is 0 Å². The van der Waals surface area contributed by atoms with E-state index in [1.54, 1.807) is 23.1 Å². The fraction of sp³-hybridized carbons (Fsp3) is 0.409. The number of likely N-dealkylation sites (N-methyl/N-ethyl adjacent to an activating group) is 1. The van der Waals surface area contributed by atoms with Gasteiger partial charge in [0.25, 0.3) is 0 Å². The molecular formula is C22H27N3O5S. The average Bonchev–Trinajstić information content (AvgIpc) is 3.20. The molecule has 0 radical (unpaired) electrons. The summed E-state index contributed by atoms with van der Waals surface area (Å²) in [6.45, 7) is 2.58. The molecule has 166 valence electrons. The van der Waals surface area contributed by atoms with Crippen molar-refractivity contribution in [3.8, 4) is 11.5 Å². The Labute approximate surface area is 182 Å². The van der Waals surface area contributed by atoms with Crippen molar-refractivity contribution in [1.82, 2.24) is 9.62 Å². The van der Waals surface area contributed by atoms with Gasteiger partial charge in [-0.05, 0) is 68.4 Å². The van der Waals surface area contributed by atoms with Crippen LogP contribution in [0.5, 0.6) is 11.5 Å². The van der Waals surface area contributed by atoms with Crippen LogP contribution in [0, 0.1) is 0 Å². The summed E-state index contributed by atoms with van der Waals surface area (Å²) in [5, 5.41) is 0. The number of sulfonamides is 1. The predicted molar refractivity (Wildman–Crippen MR) is 117 cm³/mol. The average molecular weight is 446 g/mol. The first kappa shape index (κ1) is 21.6. The molecule has 2 aromatic rings. The number of benzene rings is 2. The lowest BCUT2D eigenvalue weighted by Crippen LogP contribution is -2.35. The largest absolute Gasteiger partial charge is 0.454 e. The first-order valence-corrected chi connectivity index (χ1v) is 11.7. The number of anilines is 1. The van der Waals surface area contributed by atoms with Gasteiger partial charge >= 0.3 is 0 Å². The smallest absolute Gasteiger partial charge is 0.240 e. The standard InChI is InChI=1S/C22H27N3O5S/c1-15(26)25-10-4-5-16-11-18(7-8-19(16)25)31(27,28)23-13-20(24(2)3)17-6-9-21-22(12-17)30-14-29-21/h6-9,11-12,20,23H,4-5,10,13-14H2,1-3H3/t20-/m1/s1. The van der Waals surface area contributed by atoms with Crippen LogP contribution in [-0.2, 0) is 21.2 Å². The summed E-state index contributed by atoms with van der Waals surface area (Å²) in [5.41, 5.74) is 2.60. The molecule has 1 N–H and O–H groups in total. The lowest BCUT2D eigenvalue weighted by Gasteiger charge is -2.29. The summed E-state index contributed by atoms with van der Waals surface area (Å²) in [7, 11) is 0.0875. The Morgan fingerprint density at radius 2 is 1.94 bits per heavy atom. The van der Waals surface area contributed by atoms with Crippen molar-refractivity contribution in [3.63, 3.8) is 0 Å². The van der Waals surface area contributed by atoms with Crippen LogP contribution in [0.2, 0.25) is 0 Å². The third kappa shape index (κ3) is 4.39. The monoisotopic (exact) mass is 445 g/mol. The lowest BCUT2D eigenvalue weighted by atomic mass is 10.0. The molecule has 2 aliphatic heterocycles. The van der Waals surface area contributed by atoms with Crippen LogP contribution in [0.1, 0.15) is 30.5 Å². The number of ether oxygens (including phenoxy) is 2. The van der Waals surface area contributed by atoms with Crippen LogP contribution in [0.3, 0.4) is 0 Å². The Morgan fingerprint density at radius 3 is 2.68 bits per heavy atom. The third-order valence-corrected chi connectivity index (χ3v) is 7.15. The lowest BCUT2D eigenvalue weighted by molar-refractivity contribution is -0.116. The fourth-order valence-electron chi connectivity index (χ4n) is 4.06. The number of nitrogens with zero attached hydrogens (tertiary/aromatic N) is 2. The molecule has 8 nitrogen and oxygen atoms in total. The maximum absolute atomic E-state index is 13.0. The third-order valence-electron chi connectivity index (χ3n) is 5.73. The first-order chi connectivity index (χ1) is 14.8. The van der Waals surface area contributed by atoms with Gasteiger partial charge in [0.1, 0.15) is 0 Å². The number of hydrogen-bond donors (Lipinski definition) is 1. The van der Waals surface area contributed by atoms with Crippen LogP contribution in [0.4, 0.5) is 5.69 Å². The predicted octanol–water partition coefficient (Wildman–Crippen LogP) is 2.30. The van der Waals surface area contributed by atoms with Crippen molar-refractivity contribution in [2.45, 2.75) is 30.7 Å². The number of hydrogen-bond acceptors (Lipinski definition) is 6. The number of amides is 1. The van der Waals surface area contributed by atoms with E-state index >= 15 is 0 Å². The Morgan fingerprint density at radius 1 is 1.16 bits per heavy atom. The Bertz CT molecular complexity index is 1100. The van der Waals surface area contributed by atoms with Crippen molar-refractivity contribution < 1.29 is 22.7 Å². The van der Waals surface area contributed by atoms with E-state index in [9.17, 15) is 13.2 Å². The molecule has 9 heteroatoms. The van der Waals surface area contributed by atoms with Gasteiger partial charge in [0.2, 0.25) is 22.7 Å². The molecule has 31 heavy (non-hydrogen) atoms. The zero-order valence-electron chi connectivity index (χ0n) is 17.9. The Balaban J connectivity index is 1.53. The summed E-state index contributed by atoms with van der Waals surface area (Å²) in [4.78, 5) is 15.7. The SMILES string of the molecule is CC(=O)N1CCCc2cc(S(=O)(=O)NC[C@H](c3ccc4c(c3)OCO4)N(C)C)ccc21. The van der Waals surface area contributed by atoms with Gasteiger partial charge in [-0.25, -0.2) is 13.1 Å². The molecule has 2 heterocycles. The van der Waals surface area contributed by atoms with Crippen molar-refractivity contribution >= 4 is 21.6 Å². The highest BCUT2D eigenvalue weighted by atomic mass is 32.2. The van der Waals surface area contributed by atoms with E-state index in [0.29, 0.717) is 18.0 Å². The van der Waals surface area contributed by atoms with E-state index in [-0.39, 0.29) is 30.2 Å². The van der Waals surface area contributed by atoms with Gasteiger partial charge in [0, 0.05) is 31.7 Å². The number of nitrogens with one attached hydrogen (secondary N) is 1. The maximum Gasteiger partial charge on any atom is 0.240 e. The van der Waals surface area contributed by atoms with Crippen LogP contribution in [0.15, 0.2) is 41.3 Å². The zero-order chi connectivity index (χ0) is 22.2. The van der Waals surface area contributed by atoms with E-state index in [4.69, 9.17) is 9.47 Å². The molecule has 0 spiro atoms. The van der Waals surface area contributed by atoms with E-state index in [1.165, 1.54) is 6.92 Å². The number of carbonyl (C=O) groups is 1. The highest BCUT2D eigenvalue weighted by Gasteiger charge is 2.25. The molecule has 1 atom stereocenters. The summed E-state index contributed by atoms with van der Waals surface area (Å²) < 4.78 is 39.6. The molecule has 2 aromatic carbocycles. The maximum atomic E-state index is 13.0. The number of fused-ring (bicyclic) bond motifs is 2. The van der Waals surface area contributed by atoms with E-state index in [0.717, 1.165) is 29.7 Å². The zero-order valence-corrected chi connectivity index (χ0v) is 18.7. The second-order valence-corrected chi connectivity index (χ2v) is 9.78. The number of rotatable bonds is 6. The van der Waals surface area contributed by atoms with Crippen LogP contribution in [0.25, 0.3) is 0 Å². The summed E-state index contributed by atoms with van der Waals surface area (Å²) in [6, 6.07) is 10.4. The molecular weight excluding hydrogens is 418 g/mol. The summed E-state index contributed by atoms with van der Waals surface area (Å²) in [5.74, 6) is 1.32. The first-order valence-electron chi connectivity index (χ1n) is 10.2. The molecule has 0 unspecified atom stereocenters. The van der Waals surface area contributed by atoms with Gasteiger partial charge in [-0.15, -0.1) is 0 Å². The molecule has 4 rings (SSSR count). The van der Waals surface area contributed by atoms with Gasteiger partial charge in [-0.1, -0.05) is 6.07 Å². The van der Waals surface area contributed by atoms with E-state index in [2.05, 4.69) is 4.72 Å². The highest BCUT2D eigenvalue weighted by molar-refractivity contribution is 7.89. The van der Waals surface area contributed by atoms with Crippen LogP contribution >= 0.6 is 0 Å². The van der Waals surface area contributed by atoms with Gasteiger partial charge in [-0.3, -0.25) is 4.79 Å². The van der Waals surface area contributed by atoms with Gasteiger partial charge in [0.15, 0.2) is 11.5 Å². The molecule has 1 amide bonds. The number of carbonyl (C=O) groups excluding carboxylic acids is 1. The van der Waals surface area contributed by atoms with Crippen molar-refractivity contribution in [2.75, 3.05) is 38.9 Å². The molecule has 0 saturated carbocycles. The van der Waals surface area contributed by atoms with Crippen molar-refractivity contribution in [3.05, 3.63) is 47.5 Å². The fourth-order valence-corrected chi connectivity index (χ4v) is 5.15. The number of aryl methyl sites for hydroxylation is 1. The van der Waals surface area contributed by atoms with Crippen molar-refractivity contribution in [2.24, 2.45) is 0 Å². The topological polar surface area (TPSA) is 88.2 Å². The minimum Gasteiger partial charge on any atom is -0.454 e. The minimum absolute atomic E-state index is 0.0350. The normalized spacial score (nSPS) is 16.3. The minimum atomic E-state index is -3.72. The highest BCUT2D eigenvalue weighted by Crippen LogP contribution is 2.35. The second-order valence-electron chi connectivity index (χ2n) is 8.01. The van der Waals surface area contributed by atoms with Crippen molar-refractivity contribution in [1.29, 1.82) is 0 Å². The van der Waals surface area contributed by atoms with Gasteiger partial charge < -0.3 is 19.3 Å². The second kappa shape index (κ2) is 8.49. The van der Waals surface area contributed by atoms with Gasteiger partial charge in [0.05, 0.1) is 4.90 Å². The van der Waals surface area contributed by atoms with Crippen LogP contribution in [-0.4, -0.2) is 53.2 Å². The summed E-state index contributed by atoms with van der Waals surface area (Å²) in [6.07, 6.45) is 1.57. The quantitative estimate of drug-likeness (QED) is 0.734. The molecule has 0 fully saturated rings. The molecule has 0 saturated heterocycles. The molecule has 0 aromatic heterocycles. The van der Waals surface area contributed by atoms with E-state index in [1.807, 2.05) is 37.2 Å².